The number of benzene rings is 2. The highest BCUT2D eigenvalue weighted by Gasteiger charge is 2.20. The number of nitrogens with one attached hydrogen (secondary N) is 2. The Kier molecular flexibility index (Phi) is 6.06. The van der Waals surface area contributed by atoms with Crippen LogP contribution in [0.1, 0.15) is 5.56 Å². The fourth-order valence-electron chi connectivity index (χ4n) is 1.76. The van der Waals surface area contributed by atoms with Gasteiger partial charge in [0.25, 0.3) is 15.9 Å². The molecule has 0 fully saturated rings. The maximum Gasteiger partial charge on any atom is 0.272 e. The topological polar surface area (TPSA) is 84.5 Å². The summed E-state index contributed by atoms with van der Waals surface area (Å²) in [6.45, 7) is 1.53. The van der Waals surface area contributed by atoms with Crippen molar-refractivity contribution in [3.8, 4) is 5.75 Å². The molecule has 0 aromatic heterocycles. The van der Waals surface area contributed by atoms with Crippen LogP contribution < -0.4 is 15.0 Å². The molecule has 1 amide bonds. The second kappa shape index (κ2) is 7.85. The second-order valence-corrected chi connectivity index (χ2v) is 7.25. The molecule has 0 aliphatic carbocycles. The average molecular weight is 389 g/mol. The van der Waals surface area contributed by atoms with Gasteiger partial charge < -0.3 is 4.74 Å². The molecule has 2 aromatic carbocycles. The molecular formula is C15H14Cl2N2O4S. The molecule has 9 heteroatoms. The molecule has 0 saturated carbocycles. The average Bonchev–Trinajstić information content (AvgIpc) is 2.53. The zero-order valence-corrected chi connectivity index (χ0v) is 14.9. The Balaban J connectivity index is 1.94. The Morgan fingerprint density at radius 3 is 2.58 bits per heavy atom. The lowest BCUT2D eigenvalue weighted by atomic mass is 10.2. The molecule has 128 valence electrons. The minimum absolute atomic E-state index is 0.0913. The number of rotatable bonds is 6. The molecule has 0 unspecified atom stereocenters. The maximum absolute atomic E-state index is 12.1. The van der Waals surface area contributed by atoms with Crippen molar-refractivity contribution in [1.29, 1.82) is 0 Å². The van der Waals surface area contributed by atoms with E-state index in [2.05, 4.69) is 0 Å². The van der Waals surface area contributed by atoms with E-state index in [1.54, 1.807) is 18.2 Å². The highest BCUT2D eigenvalue weighted by molar-refractivity contribution is 7.89. The van der Waals surface area contributed by atoms with Crippen LogP contribution in [-0.4, -0.2) is 20.9 Å². The van der Waals surface area contributed by atoms with Crippen LogP contribution in [-0.2, 0) is 14.8 Å². The van der Waals surface area contributed by atoms with Crippen molar-refractivity contribution < 1.29 is 17.9 Å². The summed E-state index contributed by atoms with van der Waals surface area (Å²) in [4.78, 5) is 13.4. The fourth-order valence-corrected chi connectivity index (χ4v) is 3.38. The highest BCUT2D eigenvalue weighted by atomic mass is 35.5. The van der Waals surface area contributed by atoms with Crippen molar-refractivity contribution in [3.63, 3.8) is 0 Å². The van der Waals surface area contributed by atoms with Crippen LogP contribution in [0.2, 0.25) is 10.0 Å². The molecule has 0 spiro atoms. The summed E-state index contributed by atoms with van der Waals surface area (Å²) in [5.41, 5.74) is 3.03. The lowest BCUT2D eigenvalue weighted by Crippen LogP contribution is -2.43. The number of ether oxygens (including phenoxy) is 1. The van der Waals surface area contributed by atoms with Crippen LogP contribution in [0.5, 0.6) is 5.75 Å². The van der Waals surface area contributed by atoms with Crippen molar-refractivity contribution in [2.75, 3.05) is 6.61 Å². The van der Waals surface area contributed by atoms with E-state index in [-0.39, 0.29) is 21.5 Å². The number of hydrazine groups is 1. The number of halogens is 2. The summed E-state index contributed by atoms with van der Waals surface area (Å²) < 4.78 is 29.5. The van der Waals surface area contributed by atoms with E-state index >= 15 is 0 Å². The molecule has 2 N–H and O–H groups in total. The Hall–Kier alpha value is -1.80. The Morgan fingerprint density at radius 2 is 1.88 bits per heavy atom. The molecule has 24 heavy (non-hydrogen) atoms. The number of hydrogen-bond acceptors (Lipinski definition) is 4. The molecule has 0 atom stereocenters. The van der Waals surface area contributed by atoms with Gasteiger partial charge in [0, 0.05) is 0 Å². The third-order valence-electron chi connectivity index (χ3n) is 2.89. The largest absolute Gasteiger partial charge is 0.484 e. The summed E-state index contributed by atoms with van der Waals surface area (Å²) in [6, 6.07) is 11.3. The molecule has 2 aromatic rings. The number of carbonyl (C=O) groups is 1. The Morgan fingerprint density at radius 1 is 1.17 bits per heavy atom. The molecule has 0 saturated heterocycles. The van der Waals surface area contributed by atoms with E-state index in [0.717, 1.165) is 5.56 Å². The van der Waals surface area contributed by atoms with Gasteiger partial charge in [0.15, 0.2) is 6.61 Å². The molecule has 0 bridgehead atoms. The van der Waals surface area contributed by atoms with Gasteiger partial charge in [0.1, 0.15) is 10.6 Å². The highest BCUT2D eigenvalue weighted by Crippen LogP contribution is 2.28. The predicted octanol–water partition coefficient (Wildman–Crippen LogP) is 2.69. The Bertz CT molecular complexity index is 856. The molecule has 0 heterocycles. The number of amides is 1. The third-order valence-corrected chi connectivity index (χ3v) is 5.11. The van der Waals surface area contributed by atoms with E-state index < -0.39 is 15.9 Å². The fraction of sp³-hybridized carbons (Fsp3) is 0.133. The van der Waals surface area contributed by atoms with Gasteiger partial charge in [-0.15, -0.1) is 4.83 Å². The molecule has 0 radical (unpaired) electrons. The van der Waals surface area contributed by atoms with Gasteiger partial charge in [-0.3, -0.25) is 10.2 Å². The van der Waals surface area contributed by atoms with Gasteiger partial charge in [-0.2, -0.15) is 0 Å². The molecule has 0 aliphatic heterocycles. The summed E-state index contributed by atoms with van der Waals surface area (Å²) in [7, 11) is -4.05. The van der Waals surface area contributed by atoms with Crippen molar-refractivity contribution in [2.24, 2.45) is 0 Å². The maximum atomic E-state index is 12.1. The van der Waals surface area contributed by atoms with Gasteiger partial charge in [-0.05, 0) is 36.8 Å². The molecule has 0 aliphatic rings. The summed E-state index contributed by atoms with van der Waals surface area (Å²) >= 11 is 11.6. The molecular weight excluding hydrogens is 375 g/mol. The van der Waals surface area contributed by atoms with E-state index in [1.807, 2.05) is 23.2 Å². The van der Waals surface area contributed by atoms with Crippen molar-refractivity contribution in [2.45, 2.75) is 11.8 Å². The third kappa shape index (κ3) is 4.85. The van der Waals surface area contributed by atoms with E-state index in [9.17, 15) is 13.2 Å². The molecule has 2 rings (SSSR count). The lowest BCUT2D eigenvalue weighted by molar-refractivity contribution is -0.123. The Labute approximate surface area is 149 Å². The standard InChI is InChI=1S/C15H14Cl2N2O4S/c1-10-4-2-5-11(8-10)23-9-14(20)18-19-24(21,22)13-7-3-6-12(16)15(13)17/h2-8,19H,9H2,1H3,(H,18,20). The summed E-state index contributed by atoms with van der Waals surface area (Å²) in [5, 5.41) is -0.0365. The van der Waals surface area contributed by atoms with Gasteiger partial charge in [-0.1, -0.05) is 41.4 Å². The van der Waals surface area contributed by atoms with Crippen molar-refractivity contribution in [3.05, 3.63) is 58.1 Å². The van der Waals surface area contributed by atoms with Crippen LogP contribution in [0, 0.1) is 6.92 Å². The monoisotopic (exact) mass is 388 g/mol. The first kappa shape index (κ1) is 18.5. The van der Waals surface area contributed by atoms with Crippen molar-refractivity contribution >= 4 is 39.1 Å². The minimum Gasteiger partial charge on any atom is -0.484 e. The number of aryl methyl sites for hydroxylation is 1. The second-order valence-electron chi connectivity index (χ2n) is 4.81. The lowest BCUT2D eigenvalue weighted by Gasteiger charge is -2.11. The minimum atomic E-state index is -4.05. The van der Waals surface area contributed by atoms with E-state index in [0.29, 0.717) is 5.75 Å². The van der Waals surface area contributed by atoms with Crippen LogP contribution >= 0.6 is 23.2 Å². The van der Waals surface area contributed by atoms with Crippen molar-refractivity contribution in [1.82, 2.24) is 10.3 Å². The number of carbonyl (C=O) groups excluding carboxylic acids is 1. The van der Waals surface area contributed by atoms with Crippen LogP contribution in [0.25, 0.3) is 0 Å². The van der Waals surface area contributed by atoms with Crippen LogP contribution in [0.3, 0.4) is 0 Å². The SMILES string of the molecule is Cc1cccc(OCC(=O)NNS(=O)(=O)c2cccc(Cl)c2Cl)c1. The van der Waals surface area contributed by atoms with Gasteiger partial charge in [-0.25, -0.2) is 8.42 Å². The smallest absolute Gasteiger partial charge is 0.272 e. The number of hydrogen-bond donors (Lipinski definition) is 2. The van der Waals surface area contributed by atoms with Gasteiger partial charge in [0.05, 0.1) is 10.0 Å². The van der Waals surface area contributed by atoms with E-state index in [4.69, 9.17) is 27.9 Å². The zero-order chi connectivity index (χ0) is 17.7. The first-order valence-corrected chi connectivity index (χ1v) is 8.97. The van der Waals surface area contributed by atoms with Gasteiger partial charge in [0.2, 0.25) is 0 Å². The van der Waals surface area contributed by atoms with Gasteiger partial charge >= 0.3 is 0 Å². The summed E-state index contributed by atoms with van der Waals surface area (Å²) in [6.07, 6.45) is 0. The zero-order valence-electron chi connectivity index (χ0n) is 12.5. The summed E-state index contributed by atoms with van der Waals surface area (Å²) in [5.74, 6) is -0.163. The number of sulfonamides is 1. The quantitative estimate of drug-likeness (QED) is 0.744. The first-order chi connectivity index (χ1) is 11.3. The van der Waals surface area contributed by atoms with Crippen LogP contribution in [0.15, 0.2) is 47.4 Å². The van der Waals surface area contributed by atoms with E-state index in [1.165, 1.54) is 18.2 Å². The predicted molar refractivity (Wildman–Crippen MR) is 91.6 cm³/mol. The van der Waals surface area contributed by atoms with Crippen LogP contribution in [0.4, 0.5) is 0 Å². The first-order valence-electron chi connectivity index (χ1n) is 6.74. The normalized spacial score (nSPS) is 11.1. The molecule has 6 nitrogen and oxygen atoms in total.